The van der Waals surface area contributed by atoms with Crippen LogP contribution in [0.25, 0.3) is 0 Å². The molecule has 5 heteroatoms. The van der Waals surface area contributed by atoms with Crippen LogP contribution in [0.15, 0.2) is 24.3 Å². The third kappa shape index (κ3) is 3.42. The van der Waals surface area contributed by atoms with Crippen LogP contribution in [0.2, 0.25) is 0 Å². The van der Waals surface area contributed by atoms with Crippen LogP contribution in [0.1, 0.15) is 43.9 Å². The molecule has 3 N–H and O–H groups in total. The van der Waals surface area contributed by atoms with Crippen LogP contribution in [-0.2, 0) is 11.2 Å². The van der Waals surface area contributed by atoms with Gasteiger partial charge in [-0.25, -0.2) is 4.79 Å². The number of hydrogen-bond acceptors (Lipinski definition) is 3. The van der Waals surface area contributed by atoms with Gasteiger partial charge in [0.05, 0.1) is 0 Å². The molecule has 2 rings (SSSR count). The van der Waals surface area contributed by atoms with Crippen molar-refractivity contribution in [3.05, 3.63) is 35.4 Å². The Hall–Kier alpha value is -1.88. The molecule has 114 valence electrons. The van der Waals surface area contributed by atoms with Gasteiger partial charge in [-0.05, 0) is 24.0 Å². The van der Waals surface area contributed by atoms with E-state index in [4.69, 9.17) is 5.73 Å². The van der Waals surface area contributed by atoms with Crippen molar-refractivity contribution in [1.29, 1.82) is 0 Å². The Kier molecular flexibility index (Phi) is 4.96. The van der Waals surface area contributed by atoms with E-state index in [0.717, 1.165) is 18.4 Å². The highest BCUT2D eigenvalue weighted by molar-refractivity contribution is 6.04. The predicted octanol–water partition coefficient (Wildman–Crippen LogP) is 1.97. The number of aryl methyl sites for hydroxylation is 1. The van der Waals surface area contributed by atoms with Gasteiger partial charge in [0.25, 0.3) is 5.91 Å². The van der Waals surface area contributed by atoms with Crippen LogP contribution in [0.3, 0.4) is 0 Å². The summed E-state index contributed by atoms with van der Waals surface area (Å²) in [4.78, 5) is 25.3. The second-order valence-corrected chi connectivity index (χ2v) is 5.44. The summed E-state index contributed by atoms with van der Waals surface area (Å²) < 4.78 is 0. The molecule has 0 aromatic heterocycles. The largest absolute Gasteiger partial charge is 0.326 e. The summed E-state index contributed by atoms with van der Waals surface area (Å²) in [7, 11) is 0. The van der Waals surface area contributed by atoms with Gasteiger partial charge in [0.1, 0.15) is 6.04 Å². The lowest BCUT2D eigenvalue weighted by Crippen LogP contribution is -2.37. The normalized spacial score (nSPS) is 19.8. The van der Waals surface area contributed by atoms with E-state index in [1.165, 1.54) is 10.5 Å². The fraction of sp³-hybridized carbons (Fsp3) is 0.500. The SMILES string of the molecule is CCCC1NC(=O)N(CC(N)c2ccc(CC)cc2)C1=O. The number of urea groups is 1. The number of benzene rings is 1. The maximum atomic E-state index is 12.2. The summed E-state index contributed by atoms with van der Waals surface area (Å²) in [6.45, 7) is 4.30. The smallest absolute Gasteiger partial charge is 0.324 e. The number of carbonyl (C=O) groups is 2. The minimum atomic E-state index is -0.392. The maximum Gasteiger partial charge on any atom is 0.324 e. The highest BCUT2D eigenvalue weighted by Gasteiger charge is 2.37. The summed E-state index contributed by atoms with van der Waals surface area (Å²) in [6.07, 6.45) is 2.50. The Labute approximate surface area is 125 Å². The van der Waals surface area contributed by atoms with Crippen LogP contribution in [0.4, 0.5) is 4.79 Å². The van der Waals surface area contributed by atoms with Crippen molar-refractivity contribution < 1.29 is 9.59 Å². The van der Waals surface area contributed by atoms with Crippen LogP contribution < -0.4 is 11.1 Å². The van der Waals surface area contributed by atoms with E-state index >= 15 is 0 Å². The molecule has 0 spiro atoms. The molecule has 3 amide bonds. The average molecular weight is 289 g/mol. The quantitative estimate of drug-likeness (QED) is 0.786. The first-order valence-electron chi connectivity index (χ1n) is 7.53. The molecular formula is C16H23N3O2. The minimum Gasteiger partial charge on any atom is -0.326 e. The minimum absolute atomic E-state index is 0.164. The molecule has 1 aliphatic heterocycles. The zero-order valence-corrected chi connectivity index (χ0v) is 12.6. The highest BCUT2D eigenvalue weighted by Crippen LogP contribution is 2.17. The fourth-order valence-electron chi connectivity index (χ4n) is 2.54. The van der Waals surface area contributed by atoms with Crippen LogP contribution >= 0.6 is 0 Å². The number of hydrogen-bond donors (Lipinski definition) is 2. The average Bonchev–Trinajstić information content (AvgIpc) is 2.75. The number of carbonyl (C=O) groups excluding carboxylic acids is 2. The molecule has 1 aromatic carbocycles. The number of imide groups is 1. The molecule has 21 heavy (non-hydrogen) atoms. The van der Waals surface area contributed by atoms with Crippen molar-refractivity contribution in [2.45, 2.75) is 45.2 Å². The first-order valence-corrected chi connectivity index (χ1v) is 7.53. The highest BCUT2D eigenvalue weighted by atomic mass is 16.2. The van der Waals surface area contributed by atoms with E-state index in [2.05, 4.69) is 12.2 Å². The second-order valence-electron chi connectivity index (χ2n) is 5.44. The molecule has 2 unspecified atom stereocenters. The van der Waals surface area contributed by atoms with E-state index in [9.17, 15) is 9.59 Å². The Bertz CT molecular complexity index is 513. The summed E-state index contributed by atoms with van der Waals surface area (Å²) >= 11 is 0. The molecule has 1 fully saturated rings. The molecule has 0 bridgehead atoms. The number of nitrogens with one attached hydrogen (secondary N) is 1. The van der Waals surface area contributed by atoms with Crippen molar-refractivity contribution in [3.63, 3.8) is 0 Å². The van der Waals surface area contributed by atoms with Gasteiger partial charge in [-0.3, -0.25) is 9.69 Å². The third-order valence-corrected chi connectivity index (χ3v) is 3.88. The van der Waals surface area contributed by atoms with Crippen LogP contribution in [-0.4, -0.2) is 29.4 Å². The molecule has 5 nitrogen and oxygen atoms in total. The molecule has 1 aliphatic rings. The van der Waals surface area contributed by atoms with Gasteiger partial charge in [-0.15, -0.1) is 0 Å². The van der Waals surface area contributed by atoms with Crippen molar-refractivity contribution in [3.8, 4) is 0 Å². The predicted molar refractivity (Wildman–Crippen MR) is 81.7 cm³/mol. The summed E-state index contributed by atoms with van der Waals surface area (Å²) in [5.41, 5.74) is 8.31. The van der Waals surface area contributed by atoms with Gasteiger partial charge < -0.3 is 11.1 Å². The standard InChI is InChI=1S/C16H23N3O2/c1-3-5-14-15(20)19(16(21)18-14)10-13(17)12-8-6-11(4-2)7-9-12/h6-9,13-14H,3-5,10,17H2,1-2H3,(H,18,21). The van der Waals surface area contributed by atoms with E-state index in [1.807, 2.05) is 31.2 Å². The topological polar surface area (TPSA) is 75.4 Å². The lowest BCUT2D eigenvalue weighted by Gasteiger charge is -2.19. The molecule has 0 radical (unpaired) electrons. The van der Waals surface area contributed by atoms with E-state index in [-0.39, 0.29) is 24.5 Å². The number of rotatable bonds is 6. The molecule has 2 atom stereocenters. The molecular weight excluding hydrogens is 266 g/mol. The summed E-state index contributed by atoms with van der Waals surface area (Å²) in [5, 5.41) is 2.71. The second kappa shape index (κ2) is 6.72. The van der Waals surface area contributed by atoms with E-state index in [0.29, 0.717) is 6.42 Å². The Morgan fingerprint density at radius 2 is 1.90 bits per heavy atom. The first kappa shape index (κ1) is 15.5. The number of nitrogens with two attached hydrogens (primary N) is 1. The number of amides is 3. The molecule has 1 heterocycles. The van der Waals surface area contributed by atoms with Crippen molar-refractivity contribution >= 4 is 11.9 Å². The van der Waals surface area contributed by atoms with E-state index < -0.39 is 6.04 Å². The van der Waals surface area contributed by atoms with Gasteiger partial charge in [-0.1, -0.05) is 44.5 Å². The first-order chi connectivity index (χ1) is 10.1. The monoisotopic (exact) mass is 289 g/mol. The van der Waals surface area contributed by atoms with Gasteiger partial charge in [0.15, 0.2) is 0 Å². The van der Waals surface area contributed by atoms with Gasteiger partial charge >= 0.3 is 6.03 Å². The molecule has 1 saturated heterocycles. The van der Waals surface area contributed by atoms with Gasteiger partial charge in [0.2, 0.25) is 0 Å². The summed E-state index contributed by atoms with van der Waals surface area (Å²) in [6, 6.07) is 6.90. The van der Waals surface area contributed by atoms with Crippen LogP contribution in [0, 0.1) is 0 Å². The molecule has 0 saturated carbocycles. The Morgan fingerprint density at radius 1 is 1.24 bits per heavy atom. The molecule has 0 aliphatic carbocycles. The lowest BCUT2D eigenvalue weighted by atomic mass is 10.0. The van der Waals surface area contributed by atoms with Crippen LogP contribution in [0.5, 0.6) is 0 Å². The van der Waals surface area contributed by atoms with Gasteiger partial charge in [0, 0.05) is 12.6 Å². The van der Waals surface area contributed by atoms with Crippen molar-refractivity contribution in [1.82, 2.24) is 10.2 Å². The zero-order valence-electron chi connectivity index (χ0n) is 12.6. The fourth-order valence-corrected chi connectivity index (χ4v) is 2.54. The van der Waals surface area contributed by atoms with Crippen molar-refractivity contribution in [2.75, 3.05) is 6.54 Å². The maximum absolute atomic E-state index is 12.2. The van der Waals surface area contributed by atoms with E-state index in [1.54, 1.807) is 0 Å². The molecule has 1 aromatic rings. The lowest BCUT2D eigenvalue weighted by molar-refractivity contribution is -0.127. The Balaban J connectivity index is 2.02. The zero-order chi connectivity index (χ0) is 15.4. The van der Waals surface area contributed by atoms with Gasteiger partial charge in [-0.2, -0.15) is 0 Å². The summed E-state index contributed by atoms with van der Waals surface area (Å²) in [5.74, 6) is -0.164. The Morgan fingerprint density at radius 3 is 2.48 bits per heavy atom. The van der Waals surface area contributed by atoms with Crippen molar-refractivity contribution in [2.24, 2.45) is 5.73 Å². The number of nitrogens with zero attached hydrogens (tertiary/aromatic N) is 1. The third-order valence-electron chi connectivity index (χ3n) is 3.88.